The Morgan fingerprint density at radius 2 is 2.25 bits per heavy atom. The average molecular weight is 274 g/mol. The van der Waals surface area contributed by atoms with Crippen molar-refractivity contribution in [1.82, 2.24) is 4.90 Å². The number of nitrogens with zero attached hydrogens (tertiary/aromatic N) is 2. The van der Waals surface area contributed by atoms with Gasteiger partial charge < -0.3 is 10.0 Å². The summed E-state index contributed by atoms with van der Waals surface area (Å²) in [7, 11) is 2.12. The highest BCUT2D eigenvalue weighted by Gasteiger charge is 2.25. The number of hydrogen-bond acceptors (Lipinski definition) is 3. The van der Waals surface area contributed by atoms with E-state index < -0.39 is 5.97 Å². The molecule has 0 atom stereocenters. The van der Waals surface area contributed by atoms with Crippen LogP contribution in [0.4, 0.5) is 5.69 Å². The molecule has 1 N–H and O–H groups in total. The molecule has 0 spiro atoms. The Morgan fingerprint density at radius 3 is 2.95 bits per heavy atom. The number of anilines is 1. The molecule has 1 saturated carbocycles. The molecule has 4 nitrogen and oxygen atoms in total. The van der Waals surface area contributed by atoms with Gasteiger partial charge in [0.2, 0.25) is 0 Å². The third-order valence-corrected chi connectivity index (χ3v) is 4.25. The molecular formula is C16H22N2O2. The Balaban J connectivity index is 1.69. The molecule has 2 aliphatic rings. The number of benzene rings is 1. The van der Waals surface area contributed by atoms with Crippen molar-refractivity contribution in [2.24, 2.45) is 5.92 Å². The predicted molar refractivity (Wildman–Crippen MR) is 79.1 cm³/mol. The third kappa shape index (κ3) is 3.12. The fourth-order valence-electron chi connectivity index (χ4n) is 3.02. The highest BCUT2D eigenvalue weighted by molar-refractivity contribution is 5.69. The molecule has 0 aromatic heterocycles. The highest BCUT2D eigenvalue weighted by Crippen LogP contribution is 2.31. The first kappa shape index (κ1) is 13.4. The zero-order valence-electron chi connectivity index (χ0n) is 12.0. The third-order valence-electron chi connectivity index (χ3n) is 4.25. The molecule has 0 radical (unpaired) electrons. The van der Waals surface area contributed by atoms with Gasteiger partial charge in [0.1, 0.15) is 0 Å². The molecule has 108 valence electrons. The Bertz CT molecular complexity index is 511. The van der Waals surface area contributed by atoms with Crippen LogP contribution in [0.5, 0.6) is 0 Å². The van der Waals surface area contributed by atoms with Crippen LogP contribution >= 0.6 is 0 Å². The molecule has 20 heavy (non-hydrogen) atoms. The zero-order chi connectivity index (χ0) is 14.1. The van der Waals surface area contributed by atoms with Crippen molar-refractivity contribution < 1.29 is 9.90 Å². The molecular weight excluding hydrogens is 252 g/mol. The second-order valence-corrected chi connectivity index (χ2v) is 6.14. The van der Waals surface area contributed by atoms with E-state index in [4.69, 9.17) is 5.11 Å². The van der Waals surface area contributed by atoms with Crippen LogP contribution in [0.15, 0.2) is 18.2 Å². The van der Waals surface area contributed by atoms with Crippen LogP contribution < -0.4 is 4.90 Å². The fraction of sp³-hybridized carbons (Fsp3) is 0.562. The van der Waals surface area contributed by atoms with Crippen molar-refractivity contribution in [3.63, 3.8) is 0 Å². The summed E-state index contributed by atoms with van der Waals surface area (Å²) >= 11 is 0. The van der Waals surface area contributed by atoms with Crippen molar-refractivity contribution >= 4 is 11.7 Å². The van der Waals surface area contributed by atoms with Crippen molar-refractivity contribution in [1.29, 1.82) is 0 Å². The summed E-state index contributed by atoms with van der Waals surface area (Å²) in [5.41, 5.74) is 3.95. The predicted octanol–water partition coefficient (Wildman–Crippen LogP) is 1.98. The van der Waals surface area contributed by atoms with Crippen LogP contribution in [0.3, 0.4) is 0 Å². The molecule has 0 unspecified atom stereocenters. The second-order valence-electron chi connectivity index (χ2n) is 6.14. The zero-order valence-corrected chi connectivity index (χ0v) is 12.0. The summed E-state index contributed by atoms with van der Waals surface area (Å²) in [5, 5.41) is 9.04. The van der Waals surface area contributed by atoms with Crippen LogP contribution in [0.1, 0.15) is 24.0 Å². The fourth-order valence-corrected chi connectivity index (χ4v) is 3.02. The summed E-state index contributed by atoms with van der Waals surface area (Å²) in [6.07, 6.45) is 3.61. The summed E-state index contributed by atoms with van der Waals surface area (Å²) in [4.78, 5) is 15.3. The number of likely N-dealkylation sites (N-methyl/N-ethyl adjacent to an activating group) is 1. The maximum Gasteiger partial charge on any atom is 0.317 e. The first-order valence-electron chi connectivity index (χ1n) is 7.39. The Morgan fingerprint density at radius 1 is 1.45 bits per heavy atom. The number of fused-ring (bicyclic) bond motifs is 1. The van der Waals surface area contributed by atoms with Gasteiger partial charge in [0.05, 0.1) is 6.54 Å². The molecule has 1 aliphatic carbocycles. The van der Waals surface area contributed by atoms with Crippen molar-refractivity contribution in [3.8, 4) is 0 Å². The minimum absolute atomic E-state index is 0.146. The van der Waals surface area contributed by atoms with E-state index in [-0.39, 0.29) is 6.54 Å². The van der Waals surface area contributed by atoms with Gasteiger partial charge in [-0.3, -0.25) is 9.69 Å². The quantitative estimate of drug-likeness (QED) is 0.861. The molecule has 1 aromatic carbocycles. The first-order valence-corrected chi connectivity index (χ1v) is 7.39. The lowest BCUT2D eigenvalue weighted by atomic mass is 10.1. The van der Waals surface area contributed by atoms with Gasteiger partial charge in [0.15, 0.2) is 0 Å². The smallest absolute Gasteiger partial charge is 0.317 e. The van der Waals surface area contributed by atoms with E-state index in [1.54, 1.807) is 0 Å². The Labute approximate surface area is 120 Å². The summed E-state index contributed by atoms with van der Waals surface area (Å²) in [6.45, 7) is 2.90. The normalized spacial score (nSPS) is 17.6. The maximum absolute atomic E-state index is 11.0. The molecule has 0 saturated heterocycles. The van der Waals surface area contributed by atoms with E-state index in [2.05, 4.69) is 35.0 Å². The number of rotatable bonds is 6. The lowest BCUT2D eigenvalue weighted by Gasteiger charge is -2.21. The van der Waals surface area contributed by atoms with Crippen molar-refractivity contribution in [3.05, 3.63) is 29.3 Å². The standard InChI is InChI=1S/C16H22N2O2/c1-17-7-6-14-8-13(4-5-15(14)17)10-18(11-16(19)20)9-12-2-3-12/h4-5,8,12H,2-3,6-7,9-11H2,1H3,(H,19,20). The molecule has 1 aromatic rings. The van der Waals surface area contributed by atoms with Gasteiger partial charge in [-0.1, -0.05) is 12.1 Å². The summed E-state index contributed by atoms with van der Waals surface area (Å²) < 4.78 is 0. The van der Waals surface area contributed by atoms with Gasteiger partial charge in [0.25, 0.3) is 0 Å². The number of hydrogen-bond donors (Lipinski definition) is 1. The van der Waals surface area contributed by atoms with Gasteiger partial charge in [-0.15, -0.1) is 0 Å². The van der Waals surface area contributed by atoms with Crippen molar-refractivity contribution in [2.45, 2.75) is 25.8 Å². The monoisotopic (exact) mass is 274 g/mol. The summed E-state index contributed by atoms with van der Waals surface area (Å²) in [5.74, 6) is -0.0125. The van der Waals surface area contributed by atoms with Gasteiger partial charge >= 0.3 is 5.97 Å². The van der Waals surface area contributed by atoms with Gasteiger partial charge in [-0.25, -0.2) is 0 Å². The SMILES string of the molecule is CN1CCc2cc(CN(CC(=O)O)CC3CC3)ccc21. The van der Waals surface area contributed by atoms with Gasteiger partial charge in [0, 0.05) is 32.4 Å². The topological polar surface area (TPSA) is 43.8 Å². The van der Waals surface area contributed by atoms with E-state index in [9.17, 15) is 4.79 Å². The number of carboxylic acid groups (broad SMARTS) is 1. The molecule has 3 rings (SSSR count). The van der Waals surface area contributed by atoms with Crippen LogP contribution in [0.25, 0.3) is 0 Å². The Hall–Kier alpha value is -1.55. The van der Waals surface area contributed by atoms with E-state index in [1.807, 2.05) is 0 Å². The van der Waals surface area contributed by atoms with E-state index in [0.29, 0.717) is 0 Å². The van der Waals surface area contributed by atoms with Crippen LogP contribution in [0.2, 0.25) is 0 Å². The minimum atomic E-state index is -0.730. The lowest BCUT2D eigenvalue weighted by Crippen LogP contribution is -2.31. The average Bonchev–Trinajstić information content (AvgIpc) is 3.12. The summed E-state index contributed by atoms with van der Waals surface area (Å²) in [6, 6.07) is 6.57. The molecule has 1 aliphatic heterocycles. The molecule has 1 fully saturated rings. The minimum Gasteiger partial charge on any atom is -0.480 e. The van der Waals surface area contributed by atoms with E-state index in [0.717, 1.165) is 32.0 Å². The second kappa shape index (κ2) is 5.44. The van der Waals surface area contributed by atoms with Crippen LogP contribution in [0, 0.1) is 5.92 Å². The molecule has 1 heterocycles. The van der Waals surface area contributed by atoms with Gasteiger partial charge in [-0.05, 0) is 42.4 Å². The van der Waals surface area contributed by atoms with E-state index >= 15 is 0 Å². The van der Waals surface area contributed by atoms with Crippen LogP contribution in [-0.2, 0) is 17.8 Å². The first-order chi connectivity index (χ1) is 9.61. The molecule has 0 amide bonds. The maximum atomic E-state index is 11.0. The molecule has 0 bridgehead atoms. The highest BCUT2D eigenvalue weighted by atomic mass is 16.4. The Kier molecular flexibility index (Phi) is 3.66. The van der Waals surface area contributed by atoms with E-state index in [1.165, 1.54) is 29.7 Å². The lowest BCUT2D eigenvalue weighted by molar-refractivity contribution is -0.138. The number of carbonyl (C=O) groups is 1. The number of carboxylic acids is 1. The molecule has 4 heteroatoms. The van der Waals surface area contributed by atoms with Gasteiger partial charge in [-0.2, -0.15) is 0 Å². The largest absolute Gasteiger partial charge is 0.480 e. The number of aliphatic carboxylic acids is 1. The van der Waals surface area contributed by atoms with Crippen molar-refractivity contribution in [2.75, 3.05) is 31.6 Å². The van der Waals surface area contributed by atoms with Crippen LogP contribution in [-0.4, -0.2) is 42.7 Å².